The first-order valence-corrected chi connectivity index (χ1v) is 7.64. The van der Waals surface area contributed by atoms with Crippen molar-refractivity contribution in [1.82, 2.24) is 9.97 Å². The van der Waals surface area contributed by atoms with Crippen LogP contribution in [0.4, 0.5) is 0 Å². The minimum Gasteiger partial charge on any atom is -0.286 e. The first-order chi connectivity index (χ1) is 10.1. The molecule has 0 amide bonds. The van der Waals surface area contributed by atoms with Crippen molar-refractivity contribution in [3.05, 3.63) is 23.1 Å². The summed E-state index contributed by atoms with van der Waals surface area (Å²) in [4.78, 5) is 18.4. The predicted molar refractivity (Wildman–Crippen MR) is 93.7 cm³/mol. The molecule has 0 spiro atoms. The fourth-order valence-corrected chi connectivity index (χ4v) is 3.02. The molecule has 0 fully saturated rings. The van der Waals surface area contributed by atoms with Gasteiger partial charge in [-0.2, -0.15) is 0 Å². The summed E-state index contributed by atoms with van der Waals surface area (Å²) in [7, 11) is 3.65. The molecule has 1 aliphatic rings. The molecule has 118 valence electrons. The van der Waals surface area contributed by atoms with Gasteiger partial charge in [-0.25, -0.2) is 0 Å². The van der Waals surface area contributed by atoms with Gasteiger partial charge in [-0.3, -0.25) is 20.0 Å². The number of nitrogens with zero attached hydrogens (tertiary/aromatic N) is 4. The van der Waals surface area contributed by atoms with Crippen LogP contribution in [0.15, 0.2) is 22.4 Å². The van der Waals surface area contributed by atoms with E-state index in [4.69, 9.17) is 0 Å². The zero-order chi connectivity index (χ0) is 16.7. The highest BCUT2D eigenvalue weighted by Gasteiger charge is 2.35. The Bertz CT molecular complexity index is 702. The maximum Gasteiger partial charge on any atom is 0.0950 e. The van der Waals surface area contributed by atoms with E-state index in [0.717, 1.165) is 33.3 Å². The summed E-state index contributed by atoms with van der Waals surface area (Å²) in [5.41, 5.74) is 3.94. The molecule has 0 radical (unpaired) electrons. The highest BCUT2D eigenvalue weighted by molar-refractivity contribution is 6.67. The number of hydrogen-bond donors (Lipinski definition) is 0. The fourth-order valence-electron chi connectivity index (χ4n) is 3.02. The lowest BCUT2D eigenvalue weighted by atomic mass is 9.73. The van der Waals surface area contributed by atoms with E-state index in [-0.39, 0.29) is 10.8 Å². The molecule has 1 heterocycles. The molecule has 4 heteroatoms. The molecular formula is C18H26N4. The van der Waals surface area contributed by atoms with Gasteiger partial charge in [-0.1, -0.05) is 41.5 Å². The molecule has 4 nitrogen and oxygen atoms in total. The largest absolute Gasteiger partial charge is 0.286 e. The lowest BCUT2D eigenvalue weighted by Gasteiger charge is -2.32. The van der Waals surface area contributed by atoms with Crippen LogP contribution in [0.2, 0.25) is 0 Å². The molecule has 22 heavy (non-hydrogen) atoms. The van der Waals surface area contributed by atoms with Gasteiger partial charge < -0.3 is 0 Å². The molecule has 0 unspecified atom stereocenters. The average Bonchev–Trinajstić information content (AvgIpc) is 2.41. The molecule has 1 aliphatic carbocycles. The number of aliphatic imine (C=N–C) groups is 2. The number of rotatable bonds is 0. The van der Waals surface area contributed by atoms with E-state index in [1.54, 1.807) is 12.4 Å². The molecule has 2 rings (SSSR count). The van der Waals surface area contributed by atoms with Crippen LogP contribution in [-0.2, 0) is 0 Å². The Labute approximate surface area is 132 Å². The zero-order valence-corrected chi connectivity index (χ0v) is 14.9. The van der Waals surface area contributed by atoms with Crippen molar-refractivity contribution in [2.45, 2.75) is 41.5 Å². The maximum absolute atomic E-state index is 4.64. The molecule has 0 N–H and O–H groups in total. The SMILES string of the molecule is C/N=C1/C(C(C)(C)C)=c2nccnc2=C(C(C)(C)C)/C1=N/C. The van der Waals surface area contributed by atoms with Crippen molar-refractivity contribution >= 4 is 22.6 Å². The Balaban J connectivity index is 3.18. The molecule has 0 bridgehead atoms. The van der Waals surface area contributed by atoms with Gasteiger partial charge in [0, 0.05) is 37.6 Å². The third-order valence-electron chi connectivity index (χ3n) is 3.82. The first-order valence-electron chi connectivity index (χ1n) is 7.64. The van der Waals surface area contributed by atoms with Crippen molar-refractivity contribution in [2.75, 3.05) is 14.1 Å². The van der Waals surface area contributed by atoms with Crippen LogP contribution in [-0.4, -0.2) is 35.5 Å². The number of fused-ring (bicyclic) bond motifs is 1. The zero-order valence-electron chi connectivity index (χ0n) is 14.9. The third kappa shape index (κ3) is 2.62. The van der Waals surface area contributed by atoms with Gasteiger partial charge in [0.05, 0.1) is 22.1 Å². The van der Waals surface area contributed by atoms with Gasteiger partial charge in [0.15, 0.2) is 0 Å². The molecule has 1 aromatic rings. The van der Waals surface area contributed by atoms with Gasteiger partial charge in [0.1, 0.15) is 0 Å². The second kappa shape index (κ2) is 5.41. The normalized spacial score (nSPS) is 19.8. The summed E-state index contributed by atoms with van der Waals surface area (Å²) in [6.07, 6.45) is 3.51. The predicted octanol–water partition coefficient (Wildman–Crippen LogP) is 2.03. The molecule has 0 aromatic carbocycles. The Kier molecular flexibility index (Phi) is 4.07. The van der Waals surface area contributed by atoms with Crippen molar-refractivity contribution in [3.8, 4) is 0 Å². The van der Waals surface area contributed by atoms with E-state index in [0.29, 0.717) is 0 Å². The summed E-state index contributed by atoms with van der Waals surface area (Å²) >= 11 is 0. The topological polar surface area (TPSA) is 50.5 Å². The minimum absolute atomic E-state index is 0.0843. The van der Waals surface area contributed by atoms with Gasteiger partial charge in [0.2, 0.25) is 0 Å². The maximum atomic E-state index is 4.64. The summed E-state index contributed by atoms with van der Waals surface area (Å²) in [5, 5.41) is 1.88. The van der Waals surface area contributed by atoms with E-state index in [1.807, 2.05) is 14.1 Å². The standard InChI is InChI=1S/C18H26N4/c1-17(2,3)11-13(19-7)14(20-8)12(18(4,5)6)16-15(11)21-9-10-22-16/h9-10H,1-8H3/b19-13-,20-14-. The molecule has 0 aliphatic heterocycles. The smallest absolute Gasteiger partial charge is 0.0950 e. The van der Waals surface area contributed by atoms with Crippen LogP contribution in [0.1, 0.15) is 41.5 Å². The van der Waals surface area contributed by atoms with Crippen LogP contribution < -0.4 is 10.7 Å². The third-order valence-corrected chi connectivity index (χ3v) is 3.82. The lowest BCUT2D eigenvalue weighted by molar-refractivity contribution is 0.560. The molecule has 0 saturated heterocycles. The van der Waals surface area contributed by atoms with E-state index >= 15 is 0 Å². The molecular weight excluding hydrogens is 272 g/mol. The molecule has 0 atom stereocenters. The molecule has 0 saturated carbocycles. The Morgan fingerprint density at radius 2 is 1.00 bits per heavy atom. The Morgan fingerprint density at radius 3 is 1.23 bits per heavy atom. The van der Waals surface area contributed by atoms with Crippen molar-refractivity contribution < 1.29 is 0 Å². The van der Waals surface area contributed by atoms with Gasteiger partial charge >= 0.3 is 0 Å². The summed E-state index contributed by atoms with van der Waals surface area (Å²) in [6.45, 7) is 13.1. The molecule has 1 aromatic heterocycles. The summed E-state index contributed by atoms with van der Waals surface area (Å²) in [5.74, 6) is 0. The van der Waals surface area contributed by atoms with Crippen molar-refractivity contribution in [3.63, 3.8) is 0 Å². The van der Waals surface area contributed by atoms with Gasteiger partial charge in [-0.15, -0.1) is 0 Å². The summed E-state index contributed by atoms with van der Waals surface area (Å²) in [6, 6.07) is 0. The van der Waals surface area contributed by atoms with E-state index < -0.39 is 0 Å². The highest BCUT2D eigenvalue weighted by Crippen LogP contribution is 2.34. The summed E-state index contributed by atoms with van der Waals surface area (Å²) < 4.78 is 0. The van der Waals surface area contributed by atoms with Crippen LogP contribution in [0.5, 0.6) is 0 Å². The van der Waals surface area contributed by atoms with Crippen molar-refractivity contribution in [2.24, 2.45) is 20.8 Å². The quantitative estimate of drug-likeness (QED) is 0.736. The number of hydrogen-bond acceptors (Lipinski definition) is 4. The van der Waals surface area contributed by atoms with Crippen LogP contribution in [0.25, 0.3) is 11.1 Å². The Morgan fingerprint density at radius 1 is 0.682 bits per heavy atom. The second-order valence-corrected chi connectivity index (χ2v) is 7.65. The Hall–Kier alpha value is -1.84. The first kappa shape index (κ1) is 16.5. The number of aromatic nitrogens is 2. The monoisotopic (exact) mass is 298 g/mol. The van der Waals surface area contributed by atoms with Gasteiger partial charge in [0.25, 0.3) is 0 Å². The van der Waals surface area contributed by atoms with Crippen LogP contribution in [0.3, 0.4) is 0 Å². The minimum atomic E-state index is -0.0843. The second-order valence-electron chi connectivity index (χ2n) is 7.65. The van der Waals surface area contributed by atoms with Gasteiger partial charge in [-0.05, 0) is 10.8 Å². The van der Waals surface area contributed by atoms with E-state index in [9.17, 15) is 0 Å². The highest BCUT2D eigenvalue weighted by atomic mass is 14.8. The van der Waals surface area contributed by atoms with Crippen LogP contribution >= 0.6 is 0 Å². The lowest BCUT2D eigenvalue weighted by Crippen LogP contribution is -2.49. The van der Waals surface area contributed by atoms with Crippen molar-refractivity contribution in [1.29, 1.82) is 0 Å². The average molecular weight is 298 g/mol. The van der Waals surface area contributed by atoms with E-state index in [1.165, 1.54) is 0 Å². The van der Waals surface area contributed by atoms with Crippen LogP contribution in [0, 0.1) is 10.8 Å². The fraction of sp³-hybridized carbons (Fsp3) is 0.556. The van der Waals surface area contributed by atoms with E-state index in [2.05, 4.69) is 61.5 Å².